The molecule has 0 bridgehead atoms. The number of carbonyl (C=O) groups excluding carboxylic acids is 2. The molecule has 2 amide bonds. The predicted molar refractivity (Wildman–Crippen MR) is 86.8 cm³/mol. The van der Waals surface area contributed by atoms with Crippen LogP contribution in [0.3, 0.4) is 0 Å². The van der Waals surface area contributed by atoms with Gasteiger partial charge < -0.3 is 14.5 Å². The third-order valence-corrected chi connectivity index (χ3v) is 4.18. The molecule has 2 aromatic rings. The number of carbonyl (C=O) groups is 2. The van der Waals surface area contributed by atoms with Crippen LogP contribution in [0.5, 0.6) is 0 Å². The molecule has 1 aliphatic carbocycles. The molecule has 0 aliphatic heterocycles. The summed E-state index contributed by atoms with van der Waals surface area (Å²) in [4.78, 5) is 27.3. The molecule has 1 saturated carbocycles. The highest BCUT2D eigenvalue weighted by Crippen LogP contribution is 2.26. The Morgan fingerprint density at radius 1 is 1.33 bits per heavy atom. The Labute approximate surface area is 139 Å². The van der Waals surface area contributed by atoms with E-state index in [1.807, 2.05) is 22.7 Å². The van der Waals surface area contributed by atoms with Gasteiger partial charge in [-0.15, -0.1) is 0 Å². The molecular formula is C16H21N5O3. The standard InChI is InChI=1S/C16H21N5O3/c17-20-15(22)6-13-9-21-8-12(4-5-14(21)19-13)7-18-16(23)24-10-11-2-1-3-11/h4-5,8-9,11H,1-3,6-7,10,17H2,(H,18,23)(H,20,22). The SMILES string of the molecule is NNC(=O)Cc1cn2cc(CNC(=O)OCC3CCC3)ccc2n1. The number of imidazole rings is 1. The van der Waals surface area contributed by atoms with Gasteiger partial charge in [0.15, 0.2) is 0 Å². The zero-order chi connectivity index (χ0) is 16.9. The molecule has 8 heteroatoms. The first kappa shape index (κ1) is 16.3. The van der Waals surface area contributed by atoms with Gasteiger partial charge in [-0.25, -0.2) is 15.6 Å². The minimum absolute atomic E-state index is 0.124. The fraction of sp³-hybridized carbons (Fsp3) is 0.438. The van der Waals surface area contributed by atoms with Crippen molar-refractivity contribution in [1.29, 1.82) is 0 Å². The maximum atomic E-state index is 11.7. The number of nitrogens with two attached hydrogens (primary N) is 1. The van der Waals surface area contributed by atoms with Crippen molar-refractivity contribution in [2.24, 2.45) is 11.8 Å². The zero-order valence-corrected chi connectivity index (χ0v) is 13.3. The highest BCUT2D eigenvalue weighted by molar-refractivity contribution is 5.77. The lowest BCUT2D eigenvalue weighted by molar-refractivity contribution is -0.120. The lowest BCUT2D eigenvalue weighted by atomic mass is 9.86. The summed E-state index contributed by atoms with van der Waals surface area (Å²) >= 11 is 0. The van der Waals surface area contributed by atoms with Gasteiger partial charge in [0.05, 0.1) is 18.7 Å². The number of rotatable bonds is 6. The molecule has 3 rings (SSSR count). The number of alkyl carbamates (subject to hydrolysis) is 1. The lowest BCUT2D eigenvalue weighted by Gasteiger charge is -2.24. The summed E-state index contributed by atoms with van der Waals surface area (Å²) < 4.78 is 7.01. The van der Waals surface area contributed by atoms with Crippen LogP contribution in [0.2, 0.25) is 0 Å². The number of nitrogens with one attached hydrogen (secondary N) is 2. The Balaban J connectivity index is 1.54. The normalized spacial score (nSPS) is 14.2. The number of amides is 2. The molecule has 0 atom stereocenters. The van der Waals surface area contributed by atoms with Crippen LogP contribution in [0.15, 0.2) is 24.5 Å². The summed E-state index contributed by atoms with van der Waals surface area (Å²) in [5, 5.41) is 2.74. The Hall–Kier alpha value is -2.61. The molecule has 0 unspecified atom stereocenters. The third kappa shape index (κ3) is 4.02. The summed E-state index contributed by atoms with van der Waals surface area (Å²) in [6.45, 7) is 0.870. The van der Waals surface area contributed by atoms with E-state index < -0.39 is 6.09 Å². The first-order valence-electron chi connectivity index (χ1n) is 8.00. The fourth-order valence-corrected chi connectivity index (χ4v) is 2.57. The van der Waals surface area contributed by atoms with Gasteiger partial charge in [-0.05, 0) is 30.4 Å². The molecule has 0 radical (unpaired) electrons. The molecule has 8 nitrogen and oxygen atoms in total. The zero-order valence-electron chi connectivity index (χ0n) is 13.3. The van der Waals surface area contributed by atoms with Gasteiger partial charge in [0.25, 0.3) is 0 Å². The minimum Gasteiger partial charge on any atom is -0.449 e. The number of nitrogens with zero attached hydrogens (tertiary/aromatic N) is 2. The Kier molecular flexibility index (Phi) is 4.95. The van der Waals surface area contributed by atoms with Crippen LogP contribution in [-0.4, -0.2) is 28.0 Å². The summed E-state index contributed by atoms with van der Waals surface area (Å²) in [6, 6.07) is 3.71. The first-order chi connectivity index (χ1) is 11.6. The summed E-state index contributed by atoms with van der Waals surface area (Å²) in [7, 11) is 0. The van der Waals surface area contributed by atoms with E-state index in [-0.39, 0.29) is 12.3 Å². The Morgan fingerprint density at radius 2 is 2.17 bits per heavy atom. The molecule has 24 heavy (non-hydrogen) atoms. The van der Waals surface area contributed by atoms with Gasteiger partial charge in [-0.2, -0.15) is 0 Å². The van der Waals surface area contributed by atoms with E-state index in [4.69, 9.17) is 10.6 Å². The third-order valence-electron chi connectivity index (χ3n) is 4.18. The molecule has 0 saturated heterocycles. The van der Waals surface area contributed by atoms with Crippen molar-refractivity contribution < 1.29 is 14.3 Å². The molecule has 1 fully saturated rings. The largest absolute Gasteiger partial charge is 0.449 e. The van der Waals surface area contributed by atoms with Crippen LogP contribution in [0.25, 0.3) is 5.65 Å². The van der Waals surface area contributed by atoms with Gasteiger partial charge in [0.1, 0.15) is 5.65 Å². The molecular weight excluding hydrogens is 310 g/mol. The van der Waals surface area contributed by atoms with E-state index in [9.17, 15) is 9.59 Å². The van der Waals surface area contributed by atoms with Gasteiger partial charge in [0.2, 0.25) is 5.91 Å². The molecule has 128 valence electrons. The number of aromatic nitrogens is 2. The van der Waals surface area contributed by atoms with Gasteiger partial charge in [0, 0.05) is 18.9 Å². The van der Waals surface area contributed by atoms with Crippen LogP contribution < -0.4 is 16.6 Å². The van der Waals surface area contributed by atoms with Crippen LogP contribution >= 0.6 is 0 Å². The first-order valence-corrected chi connectivity index (χ1v) is 8.00. The van der Waals surface area contributed by atoms with Crippen molar-refractivity contribution in [3.05, 3.63) is 35.8 Å². The number of ether oxygens (including phenoxy) is 1. The van der Waals surface area contributed by atoms with Crippen molar-refractivity contribution in [3.63, 3.8) is 0 Å². The second-order valence-electron chi connectivity index (χ2n) is 6.03. The Bertz CT molecular complexity index is 738. The summed E-state index contributed by atoms with van der Waals surface area (Å²) in [6.07, 6.45) is 6.88. The second kappa shape index (κ2) is 7.31. The smallest absolute Gasteiger partial charge is 0.407 e. The van der Waals surface area contributed by atoms with E-state index in [2.05, 4.69) is 15.7 Å². The monoisotopic (exact) mass is 331 g/mol. The second-order valence-corrected chi connectivity index (χ2v) is 6.03. The number of pyridine rings is 1. The van der Waals surface area contributed by atoms with Gasteiger partial charge in [-0.1, -0.05) is 12.5 Å². The highest BCUT2D eigenvalue weighted by atomic mass is 16.5. The molecule has 0 spiro atoms. The minimum atomic E-state index is -0.395. The van der Waals surface area contributed by atoms with E-state index >= 15 is 0 Å². The van der Waals surface area contributed by atoms with Crippen molar-refractivity contribution in [3.8, 4) is 0 Å². The highest BCUT2D eigenvalue weighted by Gasteiger charge is 2.19. The van der Waals surface area contributed by atoms with Crippen LogP contribution in [-0.2, 0) is 22.5 Å². The molecule has 2 heterocycles. The van der Waals surface area contributed by atoms with E-state index in [1.54, 1.807) is 6.20 Å². The van der Waals surface area contributed by atoms with Crippen LogP contribution in [0.1, 0.15) is 30.5 Å². The maximum absolute atomic E-state index is 11.7. The van der Waals surface area contributed by atoms with Crippen molar-refractivity contribution in [2.45, 2.75) is 32.2 Å². The van der Waals surface area contributed by atoms with Gasteiger partial charge in [-0.3, -0.25) is 10.2 Å². The lowest BCUT2D eigenvalue weighted by Crippen LogP contribution is -2.31. The number of hydrogen-bond acceptors (Lipinski definition) is 5. The average molecular weight is 331 g/mol. The van der Waals surface area contributed by atoms with Crippen LogP contribution in [0.4, 0.5) is 4.79 Å². The van der Waals surface area contributed by atoms with Crippen LogP contribution in [0, 0.1) is 5.92 Å². The molecule has 2 aromatic heterocycles. The molecule has 1 aliphatic rings. The summed E-state index contributed by atoms with van der Waals surface area (Å²) in [5.41, 5.74) is 4.35. The number of fused-ring (bicyclic) bond motifs is 1. The summed E-state index contributed by atoms with van der Waals surface area (Å²) in [5.74, 6) is 5.31. The molecule has 4 N–H and O–H groups in total. The predicted octanol–water partition coefficient (Wildman–Crippen LogP) is 0.893. The number of hydrazine groups is 1. The van der Waals surface area contributed by atoms with E-state index in [1.165, 1.54) is 6.42 Å². The topological polar surface area (TPSA) is 111 Å². The fourth-order valence-electron chi connectivity index (χ4n) is 2.57. The van der Waals surface area contributed by atoms with E-state index in [0.29, 0.717) is 24.8 Å². The molecule has 0 aromatic carbocycles. The van der Waals surface area contributed by atoms with Crippen molar-refractivity contribution >= 4 is 17.6 Å². The van der Waals surface area contributed by atoms with E-state index in [0.717, 1.165) is 24.1 Å². The quantitative estimate of drug-likeness (QED) is 0.414. The van der Waals surface area contributed by atoms with Crippen molar-refractivity contribution in [2.75, 3.05) is 6.61 Å². The maximum Gasteiger partial charge on any atom is 0.407 e. The van der Waals surface area contributed by atoms with Gasteiger partial charge >= 0.3 is 6.09 Å². The Morgan fingerprint density at radius 3 is 2.88 bits per heavy atom. The number of hydrogen-bond donors (Lipinski definition) is 3. The average Bonchev–Trinajstić information content (AvgIpc) is 2.92. The van der Waals surface area contributed by atoms with Crippen molar-refractivity contribution in [1.82, 2.24) is 20.1 Å².